The van der Waals surface area contributed by atoms with Crippen LogP contribution in [0.3, 0.4) is 0 Å². The van der Waals surface area contributed by atoms with E-state index >= 15 is 0 Å². The van der Waals surface area contributed by atoms with Gasteiger partial charge in [-0.3, -0.25) is 9.69 Å². The zero-order valence-corrected chi connectivity index (χ0v) is 33.1. The Morgan fingerprint density at radius 3 is 1.83 bits per heavy atom. The molecule has 3 aromatic rings. The van der Waals surface area contributed by atoms with Gasteiger partial charge < -0.3 is 25.0 Å². The molecular weight excluding hydrogens is 723 g/mol. The summed E-state index contributed by atoms with van der Waals surface area (Å²) in [5.41, 5.74) is 4.52. The van der Waals surface area contributed by atoms with Gasteiger partial charge in [-0.1, -0.05) is 59.6 Å². The van der Waals surface area contributed by atoms with Gasteiger partial charge in [0.25, 0.3) is 0 Å². The number of nitrogens with one attached hydrogen (secondary N) is 1. The van der Waals surface area contributed by atoms with Gasteiger partial charge in [0.15, 0.2) is 9.84 Å². The lowest BCUT2D eigenvalue weighted by Gasteiger charge is -2.41. The lowest BCUT2D eigenvalue weighted by atomic mass is 9.93. The number of anilines is 1. The van der Waals surface area contributed by atoms with E-state index < -0.39 is 15.9 Å². The quantitative estimate of drug-likeness (QED) is 0.231. The maximum absolute atomic E-state index is 13.2. The molecule has 0 unspecified atom stereocenters. The van der Waals surface area contributed by atoms with Gasteiger partial charge in [-0.25, -0.2) is 13.2 Å². The standard InChI is InChI=1S/C31H32Cl2N4O5S.C8H18O/c32-26-8-4-24(5-9-26)30(25-6-10-27(33)11-7-25)37-18-23(19-37)21-43(41,42)20-22-2-1-3-28(16-22)35-12-14-36(15-13-35)29(38)17-34-31(39)40;1-7(2,3)9-8(4,5)6/h1-11,16,21,30,34H,12-15,17-20H2,(H,39,40);1-6H3. The van der Waals surface area contributed by atoms with Gasteiger partial charge >= 0.3 is 6.09 Å². The Hall–Kier alpha value is -3.61. The average Bonchev–Trinajstić information content (AvgIpc) is 3.02. The van der Waals surface area contributed by atoms with Crippen molar-refractivity contribution in [3.8, 4) is 0 Å². The summed E-state index contributed by atoms with van der Waals surface area (Å²) < 4.78 is 32.0. The average molecular weight is 774 g/mol. The van der Waals surface area contributed by atoms with E-state index in [1.165, 1.54) is 5.41 Å². The molecule has 13 heteroatoms. The number of hydrogen-bond acceptors (Lipinski definition) is 7. The highest BCUT2D eigenvalue weighted by Gasteiger charge is 2.31. The predicted octanol–water partition coefficient (Wildman–Crippen LogP) is 7.41. The van der Waals surface area contributed by atoms with Crippen LogP contribution in [0.15, 0.2) is 83.8 Å². The molecule has 0 aliphatic carbocycles. The number of rotatable bonds is 9. The van der Waals surface area contributed by atoms with Crippen molar-refractivity contribution < 1.29 is 27.9 Å². The third-order valence-electron chi connectivity index (χ3n) is 8.17. The van der Waals surface area contributed by atoms with E-state index in [2.05, 4.69) is 56.7 Å². The number of likely N-dealkylation sites (tertiary alicyclic amines) is 1. The van der Waals surface area contributed by atoms with E-state index in [1.54, 1.807) is 11.0 Å². The van der Waals surface area contributed by atoms with Gasteiger partial charge in [0.05, 0.1) is 23.0 Å². The molecule has 2 N–H and O–H groups in total. The molecule has 5 rings (SSSR count). The van der Waals surface area contributed by atoms with Gasteiger partial charge in [-0.05, 0) is 100 Å². The van der Waals surface area contributed by atoms with Crippen LogP contribution in [0.25, 0.3) is 0 Å². The first kappa shape index (κ1) is 41.2. The van der Waals surface area contributed by atoms with Crippen LogP contribution in [0.4, 0.5) is 10.5 Å². The SMILES string of the molecule is CC(C)(C)OC(C)(C)C.O=C(O)NCC(=O)N1CCN(c2cccc(CS(=O)(=O)C=C3CN(C(c4ccc(Cl)cc4)c4ccc(Cl)cc4)C3)c2)CC1. The van der Waals surface area contributed by atoms with E-state index in [4.69, 9.17) is 33.0 Å². The second-order valence-corrected chi connectivity index (χ2v) is 17.7. The molecular formula is C39H50Cl2N4O6S. The molecule has 10 nitrogen and oxygen atoms in total. The summed E-state index contributed by atoms with van der Waals surface area (Å²) in [6, 6.07) is 22.8. The molecule has 0 atom stereocenters. The molecule has 282 valence electrons. The minimum absolute atomic E-state index is 0.0156. The maximum atomic E-state index is 13.2. The lowest BCUT2D eigenvalue weighted by Crippen LogP contribution is -2.51. The molecule has 0 aromatic heterocycles. The number of amides is 2. The number of hydrogen-bond donors (Lipinski definition) is 2. The highest BCUT2D eigenvalue weighted by Crippen LogP contribution is 2.35. The van der Waals surface area contributed by atoms with Crippen molar-refractivity contribution in [2.45, 2.75) is 64.5 Å². The first-order chi connectivity index (χ1) is 24.3. The van der Waals surface area contributed by atoms with Crippen LogP contribution in [-0.2, 0) is 25.1 Å². The zero-order chi connectivity index (χ0) is 38.3. The normalized spacial score (nSPS) is 15.4. The summed E-state index contributed by atoms with van der Waals surface area (Å²) in [4.78, 5) is 28.8. The molecule has 2 fully saturated rings. The summed E-state index contributed by atoms with van der Waals surface area (Å²) in [5.74, 6) is -0.376. The van der Waals surface area contributed by atoms with Crippen LogP contribution < -0.4 is 10.2 Å². The minimum Gasteiger partial charge on any atom is -0.465 e. The number of ether oxygens (including phenoxy) is 1. The van der Waals surface area contributed by atoms with E-state index in [1.807, 2.05) is 66.7 Å². The number of halogens is 2. The molecule has 0 bridgehead atoms. The largest absolute Gasteiger partial charge is 0.465 e. The third kappa shape index (κ3) is 13.1. The van der Waals surface area contributed by atoms with Crippen molar-refractivity contribution in [1.82, 2.24) is 15.1 Å². The smallest absolute Gasteiger partial charge is 0.405 e. The fraction of sp³-hybridized carbons (Fsp3) is 0.436. The molecule has 0 spiro atoms. The Labute approximate surface area is 318 Å². The Morgan fingerprint density at radius 2 is 1.37 bits per heavy atom. The van der Waals surface area contributed by atoms with Crippen LogP contribution in [0.2, 0.25) is 10.0 Å². The second-order valence-electron chi connectivity index (χ2n) is 15.0. The first-order valence-electron chi connectivity index (χ1n) is 17.2. The molecule has 52 heavy (non-hydrogen) atoms. The summed E-state index contributed by atoms with van der Waals surface area (Å²) in [5, 5.41) is 13.5. The molecule has 0 radical (unpaired) electrons. The highest BCUT2D eigenvalue weighted by molar-refractivity contribution is 7.93. The Bertz CT molecular complexity index is 1750. The van der Waals surface area contributed by atoms with Crippen molar-refractivity contribution >= 4 is 50.7 Å². The van der Waals surface area contributed by atoms with Crippen LogP contribution in [0, 0.1) is 0 Å². The van der Waals surface area contributed by atoms with Crippen molar-refractivity contribution in [1.29, 1.82) is 0 Å². The number of benzene rings is 3. The fourth-order valence-electron chi connectivity index (χ4n) is 6.40. The number of piperazine rings is 1. The van der Waals surface area contributed by atoms with E-state index in [0.717, 1.165) is 22.4 Å². The first-order valence-corrected chi connectivity index (χ1v) is 19.7. The monoisotopic (exact) mass is 772 g/mol. The third-order valence-corrected chi connectivity index (χ3v) is 10.1. The second kappa shape index (κ2) is 17.5. The fourth-order valence-corrected chi connectivity index (χ4v) is 8.04. The molecule has 2 heterocycles. The Balaban J connectivity index is 0.000000595. The van der Waals surface area contributed by atoms with E-state index in [0.29, 0.717) is 54.9 Å². The van der Waals surface area contributed by atoms with Gasteiger partial charge in [-0.2, -0.15) is 0 Å². The lowest BCUT2D eigenvalue weighted by molar-refractivity contribution is -0.130. The number of carbonyl (C=O) groups is 2. The van der Waals surface area contributed by atoms with Gasteiger partial charge in [0.1, 0.15) is 6.54 Å². The van der Waals surface area contributed by atoms with E-state index in [9.17, 15) is 18.0 Å². The molecule has 2 aliphatic rings. The van der Waals surface area contributed by atoms with Crippen molar-refractivity contribution in [3.63, 3.8) is 0 Å². The highest BCUT2D eigenvalue weighted by atomic mass is 35.5. The molecule has 3 aromatic carbocycles. The molecule has 0 saturated carbocycles. The molecule has 2 saturated heterocycles. The van der Waals surface area contributed by atoms with Gasteiger partial charge in [-0.15, -0.1) is 0 Å². The topological polar surface area (TPSA) is 119 Å². The van der Waals surface area contributed by atoms with Crippen LogP contribution in [0.5, 0.6) is 0 Å². The molecule has 2 amide bonds. The van der Waals surface area contributed by atoms with Gasteiger partial charge in [0.2, 0.25) is 5.91 Å². The van der Waals surface area contributed by atoms with Crippen molar-refractivity contribution in [3.05, 3.63) is 111 Å². The van der Waals surface area contributed by atoms with Gasteiger partial charge in [0, 0.05) is 60.4 Å². The summed E-state index contributed by atoms with van der Waals surface area (Å²) in [6.07, 6.45) is -1.23. The number of carboxylic acid groups (broad SMARTS) is 1. The Morgan fingerprint density at radius 1 is 0.846 bits per heavy atom. The maximum Gasteiger partial charge on any atom is 0.405 e. The molecule has 2 aliphatic heterocycles. The summed E-state index contributed by atoms with van der Waals surface area (Å²) >= 11 is 12.2. The van der Waals surface area contributed by atoms with Crippen LogP contribution >= 0.6 is 23.2 Å². The minimum atomic E-state index is -3.52. The zero-order valence-electron chi connectivity index (χ0n) is 30.7. The Kier molecular flexibility index (Phi) is 13.8. The van der Waals surface area contributed by atoms with E-state index in [-0.39, 0.29) is 35.4 Å². The number of nitrogens with zero attached hydrogens (tertiary/aromatic N) is 3. The number of sulfone groups is 1. The summed E-state index contributed by atoms with van der Waals surface area (Å²) in [7, 11) is -3.52. The van der Waals surface area contributed by atoms with Crippen LogP contribution in [-0.4, -0.2) is 92.3 Å². The summed E-state index contributed by atoms with van der Waals surface area (Å²) in [6.45, 7) is 15.3. The predicted molar refractivity (Wildman–Crippen MR) is 209 cm³/mol. The van der Waals surface area contributed by atoms with Crippen LogP contribution in [0.1, 0.15) is 64.3 Å². The van der Waals surface area contributed by atoms with Crippen molar-refractivity contribution in [2.24, 2.45) is 0 Å². The van der Waals surface area contributed by atoms with Crippen molar-refractivity contribution in [2.75, 3.05) is 50.7 Å². The number of carbonyl (C=O) groups excluding carboxylic acids is 1.